The smallest absolute Gasteiger partial charge is 0.221 e. The summed E-state index contributed by atoms with van der Waals surface area (Å²) in [6.07, 6.45) is 0.616. The van der Waals surface area contributed by atoms with Crippen molar-refractivity contribution in [3.8, 4) is 5.75 Å². The monoisotopic (exact) mass is 179 g/mol. The Kier molecular flexibility index (Phi) is 2.64. The summed E-state index contributed by atoms with van der Waals surface area (Å²) in [4.78, 5) is 21.2. The van der Waals surface area contributed by atoms with Crippen LogP contribution in [0.2, 0.25) is 0 Å². The highest BCUT2D eigenvalue weighted by molar-refractivity contribution is 5.95. The van der Waals surface area contributed by atoms with Crippen LogP contribution < -0.4 is 5.32 Å². The van der Waals surface area contributed by atoms with Crippen molar-refractivity contribution in [2.75, 3.05) is 5.32 Å². The fourth-order valence-corrected chi connectivity index (χ4v) is 0.945. The lowest BCUT2D eigenvalue weighted by atomic mass is 10.2. The zero-order valence-electron chi connectivity index (χ0n) is 7.07. The standard InChI is InChI=1S/C9H9NO3/c1-6(12)10-9-4-8(13)3-2-7(9)5-11/h2-5,13H,1H3,(H,10,12). The van der Waals surface area contributed by atoms with E-state index in [4.69, 9.17) is 5.11 Å². The number of aldehydes is 1. The molecule has 4 heteroatoms. The number of rotatable bonds is 2. The SMILES string of the molecule is CC(=O)Nc1cc(O)ccc1C=O. The number of amides is 1. The summed E-state index contributed by atoms with van der Waals surface area (Å²) in [7, 11) is 0. The summed E-state index contributed by atoms with van der Waals surface area (Å²) in [5.74, 6) is -0.275. The molecule has 2 N–H and O–H groups in total. The molecule has 0 bridgehead atoms. The Labute approximate surface area is 75.2 Å². The van der Waals surface area contributed by atoms with Crippen LogP contribution in [0.4, 0.5) is 5.69 Å². The molecule has 1 aromatic rings. The van der Waals surface area contributed by atoms with Crippen molar-refractivity contribution in [2.24, 2.45) is 0 Å². The number of phenolic OH excluding ortho intramolecular Hbond substituents is 1. The van der Waals surface area contributed by atoms with Crippen molar-refractivity contribution < 1.29 is 14.7 Å². The number of carbonyl (C=O) groups excluding carboxylic acids is 2. The number of benzene rings is 1. The molecular weight excluding hydrogens is 170 g/mol. The highest BCUT2D eigenvalue weighted by Gasteiger charge is 2.03. The maximum atomic E-state index is 10.7. The van der Waals surface area contributed by atoms with E-state index >= 15 is 0 Å². The van der Waals surface area contributed by atoms with E-state index in [2.05, 4.69) is 5.32 Å². The largest absolute Gasteiger partial charge is 0.508 e. The minimum Gasteiger partial charge on any atom is -0.508 e. The molecule has 1 aromatic carbocycles. The van der Waals surface area contributed by atoms with Gasteiger partial charge in [0.1, 0.15) is 5.75 Å². The second-order valence-corrected chi connectivity index (χ2v) is 2.57. The third kappa shape index (κ3) is 2.30. The topological polar surface area (TPSA) is 66.4 Å². The molecule has 0 spiro atoms. The lowest BCUT2D eigenvalue weighted by molar-refractivity contribution is -0.114. The van der Waals surface area contributed by atoms with Crippen molar-refractivity contribution in [2.45, 2.75) is 6.92 Å². The Morgan fingerprint density at radius 1 is 1.54 bits per heavy atom. The Balaban J connectivity index is 3.07. The number of nitrogens with one attached hydrogen (secondary N) is 1. The molecule has 68 valence electrons. The van der Waals surface area contributed by atoms with Gasteiger partial charge in [0.2, 0.25) is 5.91 Å². The molecule has 1 amide bonds. The number of hydrogen-bond acceptors (Lipinski definition) is 3. The highest BCUT2D eigenvalue weighted by Crippen LogP contribution is 2.19. The van der Waals surface area contributed by atoms with Gasteiger partial charge in [0.05, 0.1) is 5.69 Å². The third-order valence-electron chi connectivity index (χ3n) is 1.47. The number of anilines is 1. The number of aromatic hydroxyl groups is 1. The van der Waals surface area contributed by atoms with Crippen molar-refractivity contribution in [1.82, 2.24) is 0 Å². The average molecular weight is 179 g/mol. The van der Waals surface area contributed by atoms with Crippen LogP contribution in [0, 0.1) is 0 Å². The molecule has 0 saturated carbocycles. The molecule has 1 rings (SSSR count). The van der Waals surface area contributed by atoms with Crippen LogP contribution in [0.15, 0.2) is 18.2 Å². The van der Waals surface area contributed by atoms with Gasteiger partial charge in [0, 0.05) is 18.6 Å². The third-order valence-corrected chi connectivity index (χ3v) is 1.47. The summed E-state index contributed by atoms with van der Waals surface area (Å²) in [5.41, 5.74) is 0.663. The summed E-state index contributed by atoms with van der Waals surface area (Å²) in [5, 5.41) is 11.5. The molecule has 0 aliphatic carbocycles. The summed E-state index contributed by atoms with van der Waals surface area (Å²) >= 11 is 0. The van der Waals surface area contributed by atoms with Crippen LogP contribution in [0.25, 0.3) is 0 Å². The fourth-order valence-electron chi connectivity index (χ4n) is 0.945. The Morgan fingerprint density at radius 2 is 2.23 bits per heavy atom. The van der Waals surface area contributed by atoms with Crippen molar-refractivity contribution in [1.29, 1.82) is 0 Å². The fraction of sp³-hybridized carbons (Fsp3) is 0.111. The van der Waals surface area contributed by atoms with E-state index in [9.17, 15) is 9.59 Å². The molecule has 0 atom stereocenters. The molecule has 0 fully saturated rings. The van der Waals surface area contributed by atoms with Crippen molar-refractivity contribution in [3.63, 3.8) is 0 Å². The average Bonchev–Trinajstić information content (AvgIpc) is 2.03. The predicted octanol–water partition coefficient (Wildman–Crippen LogP) is 1.16. The second kappa shape index (κ2) is 3.71. The van der Waals surface area contributed by atoms with Gasteiger partial charge in [0.25, 0.3) is 0 Å². The van der Waals surface area contributed by atoms with E-state index in [1.807, 2.05) is 0 Å². The molecule has 13 heavy (non-hydrogen) atoms. The molecule has 0 aliphatic rings. The Hall–Kier alpha value is -1.84. The lowest BCUT2D eigenvalue weighted by Crippen LogP contribution is -2.07. The van der Waals surface area contributed by atoms with Gasteiger partial charge in [-0.05, 0) is 12.1 Å². The van der Waals surface area contributed by atoms with Crippen LogP contribution in [-0.2, 0) is 4.79 Å². The Morgan fingerprint density at radius 3 is 2.77 bits per heavy atom. The van der Waals surface area contributed by atoms with E-state index in [-0.39, 0.29) is 11.7 Å². The van der Waals surface area contributed by atoms with Crippen LogP contribution in [0.3, 0.4) is 0 Å². The van der Waals surface area contributed by atoms with Crippen molar-refractivity contribution >= 4 is 17.9 Å². The van der Waals surface area contributed by atoms with Gasteiger partial charge in [-0.3, -0.25) is 9.59 Å². The maximum Gasteiger partial charge on any atom is 0.221 e. The van der Waals surface area contributed by atoms with E-state index in [0.29, 0.717) is 17.5 Å². The molecular formula is C9H9NO3. The van der Waals surface area contributed by atoms with Gasteiger partial charge in [-0.15, -0.1) is 0 Å². The second-order valence-electron chi connectivity index (χ2n) is 2.57. The Bertz CT molecular complexity index is 347. The molecule has 0 saturated heterocycles. The summed E-state index contributed by atoms with van der Waals surface area (Å²) in [6, 6.07) is 4.15. The molecule has 0 unspecified atom stereocenters. The maximum absolute atomic E-state index is 10.7. The number of carbonyl (C=O) groups is 2. The summed E-state index contributed by atoms with van der Waals surface area (Å²) < 4.78 is 0. The van der Waals surface area contributed by atoms with Gasteiger partial charge in [-0.1, -0.05) is 0 Å². The van der Waals surface area contributed by atoms with Gasteiger partial charge in [-0.2, -0.15) is 0 Å². The first-order chi connectivity index (χ1) is 6.13. The molecule has 0 aliphatic heterocycles. The van der Waals surface area contributed by atoms with Gasteiger partial charge in [-0.25, -0.2) is 0 Å². The van der Waals surface area contributed by atoms with E-state index < -0.39 is 0 Å². The van der Waals surface area contributed by atoms with E-state index in [0.717, 1.165) is 0 Å². The predicted molar refractivity (Wildman–Crippen MR) is 47.8 cm³/mol. The zero-order valence-corrected chi connectivity index (χ0v) is 7.07. The van der Waals surface area contributed by atoms with Gasteiger partial charge in [0.15, 0.2) is 6.29 Å². The van der Waals surface area contributed by atoms with Crippen LogP contribution in [-0.4, -0.2) is 17.3 Å². The molecule has 0 heterocycles. The molecule has 4 nitrogen and oxygen atoms in total. The summed E-state index contributed by atoms with van der Waals surface area (Å²) in [6.45, 7) is 1.33. The van der Waals surface area contributed by atoms with E-state index in [1.54, 1.807) is 0 Å². The number of phenols is 1. The number of hydrogen-bond donors (Lipinski definition) is 2. The zero-order chi connectivity index (χ0) is 9.84. The minimum absolute atomic E-state index is 0.00866. The van der Waals surface area contributed by atoms with Crippen LogP contribution in [0.5, 0.6) is 5.75 Å². The normalized spacial score (nSPS) is 9.31. The first-order valence-corrected chi connectivity index (χ1v) is 3.69. The molecule has 0 aromatic heterocycles. The van der Waals surface area contributed by atoms with Gasteiger partial charge < -0.3 is 10.4 Å². The highest BCUT2D eigenvalue weighted by atomic mass is 16.3. The first-order valence-electron chi connectivity index (χ1n) is 3.69. The van der Waals surface area contributed by atoms with E-state index in [1.165, 1.54) is 25.1 Å². The van der Waals surface area contributed by atoms with Crippen LogP contribution >= 0.6 is 0 Å². The molecule has 0 radical (unpaired) electrons. The minimum atomic E-state index is -0.284. The first kappa shape index (κ1) is 9.25. The quantitative estimate of drug-likeness (QED) is 0.669. The lowest BCUT2D eigenvalue weighted by Gasteiger charge is -2.04. The van der Waals surface area contributed by atoms with Crippen LogP contribution in [0.1, 0.15) is 17.3 Å². The van der Waals surface area contributed by atoms with Gasteiger partial charge >= 0.3 is 0 Å². The van der Waals surface area contributed by atoms with Crippen molar-refractivity contribution in [3.05, 3.63) is 23.8 Å².